The summed E-state index contributed by atoms with van der Waals surface area (Å²) < 4.78 is 43.9. The van der Waals surface area contributed by atoms with Crippen molar-refractivity contribution in [3.63, 3.8) is 0 Å². The minimum atomic E-state index is -2.24. The summed E-state index contributed by atoms with van der Waals surface area (Å²) >= 11 is 1.18. The molecule has 68 heavy (non-hydrogen) atoms. The second-order valence-corrected chi connectivity index (χ2v) is 45.0. The van der Waals surface area contributed by atoms with Gasteiger partial charge in [-0.15, -0.1) is 0 Å². The number of hydrogen-bond donors (Lipinski definition) is 0. The van der Waals surface area contributed by atoms with E-state index in [1.54, 1.807) is 12.1 Å². The van der Waals surface area contributed by atoms with Gasteiger partial charge >= 0.3 is 131 Å². The molecule has 0 N–H and O–H groups in total. The van der Waals surface area contributed by atoms with Gasteiger partial charge in [0.25, 0.3) is 0 Å². The van der Waals surface area contributed by atoms with Crippen LogP contribution in [0.15, 0.2) is 88.6 Å². The zero-order valence-corrected chi connectivity index (χ0v) is 49.4. The first kappa shape index (κ1) is 57.1. The molecule has 0 atom stereocenters. The number of unbranched alkanes of at least 4 members (excludes halogenated alkanes) is 3. The molecule has 12 nitrogen and oxygen atoms in total. The number of para-hydroxylation sites is 2. The van der Waals surface area contributed by atoms with Gasteiger partial charge in [0.2, 0.25) is 0 Å². The van der Waals surface area contributed by atoms with E-state index in [4.69, 9.17) is 27.8 Å². The molecule has 0 bridgehead atoms. The van der Waals surface area contributed by atoms with Crippen LogP contribution >= 0.6 is 15.9 Å². The first-order valence-electron chi connectivity index (χ1n) is 24.6. The van der Waals surface area contributed by atoms with E-state index in [0.29, 0.717) is 65.1 Å². The van der Waals surface area contributed by atoms with Gasteiger partial charge in [-0.25, -0.2) is 19.6 Å². The van der Waals surface area contributed by atoms with Crippen LogP contribution in [0.1, 0.15) is 79.0 Å². The fourth-order valence-corrected chi connectivity index (χ4v) is 24.5. The second kappa shape index (κ2) is 27.2. The Labute approximate surface area is 418 Å². The van der Waals surface area contributed by atoms with Gasteiger partial charge < -0.3 is 23.0 Å². The largest absolute Gasteiger partial charge is 0.421 e. The smallest absolute Gasteiger partial charge is 0.364 e. The van der Waals surface area contributed by atoms with Crippen molar-refractivity contribution in [1.82, 2.24) is 19.1 Å². The van der Waals surface area contributed by atoms with E-state index in [0.717, 1.165) is 35.0 Å². The van der Waals surface area contributed by atoms with E-state index in [2.05, 4.69) is 106 Å². The molecule has 0 radical (unpaired) electrons. The topological polar surface area (TPSA) is 133 Å². The molecule has 0 aliphatic heterocycles. The molecule has 2 aromatic carbocycles. The van der Waals surface area contributed by atoms with Crippen LogP contribution in [0.5, 0.6) is 0 Å². The van der Waals surface area contributed by atoms with E-state index >= 15 is 0 Å². The molecule has 16 heteroatoms. The van der Waals surface area contributed by atoms with Crippen molar-refractivity contribution in [2.45, 2.75) is 151 Å². The zero-order chi connectivity index (χ0) is 50.1. The van der Waals surface area contributed by atoms with Crippen LogP contribution in [-0.2, 0) is 32.4 Å². The van der Waals surface area contributed by atoms with Gasteiger partial charge in [-0.05, 0) is 59.2 Å². The zero-order valence-electron chi connectivity index (χ0n) is 43.0. The molecule has 0 saturated carbocycles. The first-order valence-corrected chi connectivity index (χ1v) is 40.3. The van der Waals surface area contributed by atoms with Crippen molar-refractivity contribution < 1.29 is 27.8 Å². The molecule has 0 saturated heterocycles. The number of rotatable bonds is 25. The Bertz CT molecular complexity index is 2660. The molecule has 0 amide bonds. The van der Waals surface area contributed by atoms with Crippen molar-refractivity contribution in [1.29, 1.82) is 0 Å². The van der Waals surface area contributed by atoms with Crippen molar-refractivity contribution in [2.75, 3.05) is 26.4 Å². The molecule has 6 aromatic rings. The number of halogens is 1. The molecule has 6 rings (SSSR count). The Hall–Kier alpha value is -3.49. The Morgan fingerprint density at radius 3 is 1.51 bits per heavy atom. The Kier molecular flexibility index (Phi) is 22.8. The number of hydrogen-bond acceptors (Lipinski definition) is 10. The quantitative estimate of drug-likeness (QED) is 0.0236. The van der Waals surface area contributed by atoms with E-state index in [1.165, 1.54) is 55.6 Å². The molecule has 0 fully saturated rings. The standard InChI is InChI=1S/C20H26N2O4Si.C16H19BrN2O3Si.C4H7O.3C4H9.Sn/c1-6-25-14(2)19-21-17-18(22(19)13-24-11-12-27(3,4)5)15-9-7-8-10-16(15)26-20(17)23;1-23(2,3)9-8-21-10-19-14-11-6-4-5-7-12(11)22-15(20)13(14)18-16(19)17;1-3-5-4-2;3*1-3-4-2;/h7-10H,2,6,11-13H2,1,3-5H3;4-7H,8-10H2,1-3H3;1,4H2,2H3;3*1,3-4H2,2H3;. The third-order valence-corrected chi connectivity index (χ3v) is 30.9. The maximum atomic E-state index is 12.5. The SMILES string of the molecule is C=C(OCC)c1nc2c(=O)oc3ccccc3c2n1COCC[Si](C)(C)C.C=[C](OCC)[Sn]([CH2]CCC)([CH2]CCC)[CH2]CCC.C[Si](C)(C)CCOCn1c(Br)nc2c(=O)oc3ccccc3c21. The monoisotopic (exact) mass is 1140 g/mol. The van der Waals surface area contributed by atoms with Crippen LogP contribution in [-0.4, -0.2) is 80.1 Å². The summed E-state index contributed by atoms with van der Waals surface area (Å²) in [5.74, 6) is 0.898. The van der Waals surface area contributed by atoms with Gasteiger partial charge in [-0.1, -0.05) is 70.1 Å². The van der Waals surface area contributed by atoms with E-state index in [1.807, 2.05) is 52.5 Å². The van der Waals surface area contributed by atoms with Crippen LogP contribution in [0.2, 0.25) is 64.7 Å². The third-order valence-electron chi connectivity index (χ3n) is 11.9. The average molecular weight is 1140 g/mol. The van der Waals surface area contributed by atoms with Crippen LogP contribution < -0.4 is 11.3 Å². The van der Waals surface area contributed by atoms with E-state index < -0.39 is 45.8 Å². The van der Waals surface area contributed by atoms with E-state index in [9.17, 15) is 9.59 Å². The van der Waals surface area contributed by atoms with E-state index in [-0.39, 0.29) is 12.2 Å². The summed E-state index contributed by atoms with van der Waals surface area (Å²) in [6.07, 6.45) is 8.10. The minimum absolute atomic E-state index is 0.262. The van der Waals surface area contributed by atoms with Gasteiger partial charge in [-0.3, -0.25) is 9.13 Å². The summed E-state index contributed by atoms with van der Waals surface area (Å²) in [7, 11) is -2.32. The third kappa shape index (κ3) is 16.0. The fourth-order valence-electron chi connectivity index (χ4n) is 7.94. The maximum absolute atomic E-state index is 12.5. The second-order valence-electron chi connectivity index (χ2n) is 19.8. The summed E-state index contributed by atoms with van der Waals surface area (Å²) in [6, 6.07) is 17.1. The number of fused-ring (bicyclic) bond motifs is 6. The van der Waals surface area contributed by atoms with Crippen molar-refractivity contribution >= 4 is 100 Å². The normalized spacial score (nSPS) is 12.0. The fraction of sp³-hybridized carbons (Fsp3) is 0.538. The van der Waals surface area contributed by atoms with Gasteiger partial charge in [0.1, 0.15) is 24.6 Å². The first-order chi connectivity index (χ1) is 32.3. The summed E-state index contributed by atoms with van der Waals surface area (Å²) in [5, 5.41) is 1.66. The molecule has 0 spiro atoms. The molecule has 4 aromatic heterocycles. The molecule has 374 valence electrons. The number of ether oxygens (including phenoxy) is 4. The summed E-state index contributed by atoms with van der Waals surface area (Å²) in [5.41, 5.74) is 2.19. The number of imidazole rings is 2. The average Bonchev–Trinajstić information content (AvgIpc) is 3.85. The summed E-state index contributed by atoms with van der Waals surface area (Å²) in [4.78, 5) is 33.3. The minimum Gasteiger partial charge on any atom is -0.421 e. The van der Waals surface area contributed by atoms with Crippen molar-refractivity contribution in [3.05, 3.63) is 96.9 Å². The van der Waals surface area contributed by atoms with Gasteiger partial charge in [0.15, 0.2) is 27.4 Å². The van der Waals surface area contributed by atoms with Crippen LogP contribution in [0.4, 0.5) is 0 Å². The molecular formula is C52H79BrN4O8Si2Sn. The van der Waals surface area contributed by atoms with Gasteiger partial charge in [-0.2, -0.15) is 0 Å². The van der Waals surface area contributed by atoms with Crippen LogP contribution in [0, 0.1) is 0 Å². The predicted molar refractivity (Wildman–Crippen MR) is 294 cm³/mol. The Balaban J connectivity index is 0.000000228. The van der Waals surface area contributed by atoms with Gasteiger partial charge in [0.05, 0.1) is 17.6 Å². The van der Waals surface area contributed by atoms with Crippen molar-refractivity contribution in [3.8, 4) is 0 Å². The molecule has 0 unspecified atom stereocenters. The summed E-state index contributed by atoms with van der Waals surface area (Å²) in [6.45, 7) is 36.4. The predicted octanol–water partition coefficient (Wildman–Crippen LogP) is 14.6. The van der Waals surface area contributed by atoms with Gasteiger partial charge in [0, 0.05) is 40.1 Å². The van der Waals surface area contributed by atoms with Crippen LogP contribution in [0.3, 0.4) is 0 Å². The number of aromatic nitrogens is 4. The Morgan fingerprint density at radius 1 is 0.647 bits per heavy atom. The molecule has 0 aliphatic rings. The maximum Gasteiger partial charge on any atom is 0.364 e. The van der Waals surface area contributed by atoms with Crippen molar-refractivity contribution in [2.24, 2.45) is 0 Å². The Morgan fingerprint density at radius 2 is 1.07 bits per heavy atom. The molecule has 0 aliphatic carbocycles. The molecule has 4 heterocycles. The number of benzene rings is 2. The number of nitrogens with zero attached hydrogens (tertiary/aromatic N) is 4. The molecular weight excluding hydrogens is 1060 g/mol. The van der Waals surface area contributed by atoms with Crippen LogP contribution in [0.25, 0.3) is 49.8 Å².